The number of anilines is 1. The second kappa shape index (κ2) is 10.8. The van der Waals surface area contributed by atoms with Gasteiger partial charge in [-0.05, 0) is 79.6 Å². The highest BCUT2D eigenvalue weighted by Crippen LogP contribution is 2.49. The van der Waals surface area contributed by atoms with E-state index in [1.807, 2.05) is 4.90 Å². The zero-order valence-electron chi connectivity index (χ0n) is 24.1. The summed E-state index contributed by atoms with van der Waals surface area (Å²) >= 11 is 0. The summed E-state index contributed by atoms with van der Waals surface area (Å²) in [5, 5.41) is 18.0. The van der Waals surface area contributed by atoms with Crippen LogP contribution in [0.3, 0.4) is 0 Å². The van der Waals surface area contributed by atoms with Gasteiger partial charge < -0.3 is 10.0 Å². The molecule has 3 aromatic heterocycles. The quantitative estimate of drug-likeness (QED) is 0.327. The summed E-state index contributed by atoms with van der Waals surface area (Å²) in [6.07, 6.45) is 1.95. The van der Waals surface area contributed by atoms with Crippen LogP contribution in [0.4, 0.5) is 19.0 Å². The molecular formula is C30H31F3N6O4S. The molecule has 1 saturated heterocycles. The Hall–Kier alpha value is -4.04. The van der Waals surface area contributed by atoms with Crippen LogP contribution in [0.25, 0.3) is 5.65 Å². The molecule has 2 aliphatic rings. The van der Waals surface area contributed by atoms with E-state index in [1.165, 1.54) is 57.6 Å². The molecule has 0 spiro atoms. The molecule has 1 N–H and O–H groups in total. The number of aliphatic carboxylic acids is 1. The standard InChI is InChI=1S/C30H31F3N6O4S/c1-19-8-9-20(26(30(31,32)33)29(2,28(40)41)22-10-13-37-18-35-36-25(37)15-22)14-21(19)16-38-17-23-6-3-4-12-39(23)27-24(44(38,42)43)7-5-11-34-27/h5,7-11,13-15,18,23,26H,3-4,6,12,16-17H2,1-2H3,(H,40,41)/t23-,26?,29?/m0/s1. The van der Waals surface area contributed by atoms with Crippen LogP contribution in [-0.2, 0) is 26.8 Å². The number of carboxylic acids is 1. The number of hydrogen-bond donors (Lipinski definition) is 1. The largest absolute Gasteiger partial charge is 0.481 e. The van der Waals surface area contributed by atoms with E-state index in [9.17, 15) is 18.3 Å². The van der Waals surface area contributed by atoms with Crippen molar-refractivity contribution in [1.29, 1.82) is 0 Å². The number of rotatable bonds is 6. The second-order valence-electron chi connectivity index (χ2n) is 11.6. The lowest BCUT2D eigenvalue weighted by molar-refractivity contribution is -0.179. The molecule has 3 atom stereocenters. The predicted molar refractivity (Wildman–Crippen MR) is 155 cm³/mol. The van der Waals surface area contributed by atoms with Crippen molar-refractivity contribution >= 4 is 27.5 Å². The number of hydrogen-bond acceptors (Lipinski definition) is 7. The van der Waals surface area contributed by atoms with Crippen LogP contribution in [0, 0.1) is 6.92 Å². The minimum absolute atomic E-state index is 0.0636. The number of carbonyl (C=O) groups is 1. The van der Waals surface area contributed by atoms with Gasteiger partial charge in [-0.2, -0.15) is 17.5 Å². The molecule has 0 saturated carbocycles. The van der Waals surface area contributed by atoms with E-state index in [4.69, 9.17) is 0 Å². The van der Waals surface area contributed by atoms with Crippen molar-refractivity contribution in [2.24, 2.45) is 0 Å². The van der Waals surface area contributed by atoms with Gasteiger partial charge in [-0.1, -0.05) is 18.2 Å². The van der Waals surface area contributed by atoms with Crippen molar-refractivity contribution in [2.45, 2.75) is 68.1 Å². The molecule has 2 unspecified atom stereocenters. The maximum Gasteiger partial charge on any atom is 0.397 e. The third-order valence-electron chi connectivity index (χ3n) is 8.98. The molecule has 4 aromatic rings. The van der Waals surface area contributed by atoms with Crippen molar-refractivity contribution in [1.82, 2.24) is 23.9 Å². The third-order valence-corrected chi connectivity index (χ3v) is 10.8. The molecule has 1 fully saturated rings. The molecule has 232 valence electrons. The van der Waals surface area contributed by atoms with E-state index in [0.29, 0.717) is 23.5 Å². The molecule has 0 bridgehead atoms. The fourth-order valence-corrected chi connectivity index (χ4v) is 8.13. The summed E-state index contributed by atoms with van der Waals surface area (Å²) in [7, 11) is -4.06. The number of piperidine rings is 1. The van der Waals surface area contributed by atoms with Crippen LogP contribution in [0.5, 0.6) is 0 Å². The minimum atomic E-state index is -4.97. The number of fused-ring (bicyclic) bond motifs is 4. The number of carboxylic acid groups (broad SMARTS) is 1. The van der Waals surface area contributed by atoms with Gasteiger partial charge in [-0.15, -0.1) is 10.2 Å². The van der Waals surface area contributed by atoms with Gasteiger partial charge in [0.25, 0.3) is 0 Å². The molecule has 2 aliphatic heterocycles. The SMILES string of the molecule is Cc1ccc(C(C(F)(F)F)C(C)(C(=O)O)c2ccn3cnnc3c2)cc1CN1C[C@@H]2CCCCN2c2ncccc2S1(=O)=O. The minimum Gasteiger partial charge on any atom is -0.481 e. The molecule has 6 rings (SSSR count). The Balaban J connectivity index is 1.44. The molecular weight excluding hydrogens is 597 g/mol. The van der Waals surface area contributed by atoms with E-state index < -0.39 is 33.5 Å². The summed E-state index contributed by atoms with van der Waals surface area (Å²) in [4.78, 5) is 19.2. The summed E-state index contributed by atoms with van der Waals surface area (Å²) in [6.45, 7) is 3.38. The van der Waals surface area contributed by atoms with Crippen LogP contribution < -0.4 is 4.90 Å². The zero-order valence-corrected chi connectivity index (χ0v) is 24.9. The Morgan fingerprint density at radius 1 is 1.16 bits per heavy atom. The van der Waals surface area contributed by atoms with Crippen molar-refractivity contribution in [3.05, 3.63) is 83.4 Å². The first-order valence-electron chi connectivity index (χ1n) is 14.2. The highest BCUT2D eigenvalue weighted by atomic mass is 32.2. The van der Waals surface area contributed by atoms with Gasteiger partial charge >= 0.3 is 12.1 Å². The Kier molecular flexibility index (Phi) is 7.39. The fourth-order valence-electron chi connectivity index (χ4n) is 6.53. The zero-order chi connectivity index (χ0) is 31.4. The Morgan fingerprint density at radius 2 is 1.95 bits per heavy atom. The van der Waals surface area contributed by atoms with Gasteiger partial charge in [-0.3, -0.25) is 9.20 Å². The van der Waals surface area contributed by atoms with Gasteiger partial charge in [0.2, 0.25) is 10.0 Å². The summed E-state index contributed by atoms with van der Waals surface area (Å²) in [6, 6.07) is 9.60. The predicted octanol–water partition coefficient (Wildman–Crippen LogP) is 4.68. The maximum absolute atomic E-state index is 15.0. The van der Waals surface area contributed by atoms with Crippen molar-refractivity contribution < 1.29 is 31.5 Å². The Labute approximate surface area is 252 Å². The molecule has 0 amide bonds. The first-order chi connectivity index (χ1) is 20.8. The molecule has 1 aromatic carbocycles. The number of alkyl halides is 3. The molecule has 10 nitrogen and oxygen atoms in total. The average molecular weight is 629 g/mol. The van der Waals surface area contributed by atoms with Crippen LogP contribution >= 0.6 is 0 Å². The highest BCUT2D eigenvalue weighted by molar-refractivity contribution is 7.89. The molecule has 0 radical (unpaired) electrons. The summed E-state index contributed by atoms with van der Waals surface area (Å²) in [5.41, 5.74) is -1.66. The lowest BCUT2D eigenvalue weighted by Crippen LogP contribution is -2.46. The Bertz CT molecular complexity index is 1850. The lowest BCUT2D eigenvalue weighted by atomic mass is 9.68. The molecule has 44 heavy (non-hydrogen) atoms. The van der Waals surface area contributed by atoms with Crippen LogP contribution in [-0.4, -0.2) is 68.7 Å². The molecule has 5 heterocycles. The van der Waals surface area contributed by atoms with Crippen molar-refractivity contribution in [2.75, 3.05) is 18.0 Å². The van der Waals surface area contributed by atoms with Crippen molar-refractivity contribution in [3.63, 3.8) is 0 Å². The third kappa shape index (κ3) is 4.99. The molecule has 14 heteroatoms. The number of sulfonamides is 1. The van der Waals surface area contributed by atoms with E-state index in [1.54, 1.807) is 19.2 Å². The van der Waals surface area contributed by atoms with Gasteiger partial charge in [-0.25, -0.2) is 13.4 Å². The van der Waals surface area contributed by atoms with Crippen molar-refractivity contribution in [3.8, 4) is 0 Å². The molecule has 0 aliphatic carbocycles. The summed E-state index contributed by atoms with van der Waals surface area (Å²) < 4.78 is 75.7. The normalized spacial score (nSPS) is 20.8. The van der Waals surface area contributed by atoms with E-state index in [2.05, 4.69) is 15.2 Å². The van der Waals surface area contributed by atoms with Gasteiger partial charge in [0.15, 0.2) is 5.65 Å². The van der Waals surface area contributed by atoms with E-state index in [-0.39, 0.29) is 40.8 Å². The van der Waals surface area contributed by atoms with Gasteiger partial charge in [0.1, 0.15) is 22.5 Å². The van der Waals surface area contributed by atoms with Gasteiger partial charge in [0.05, 0.1) is 5.92 Å². The average Bonchev–Trinajstić information content (AvgIpc) is 3.43. The number of benzene rings is 1. The highest BCUT2D eigenvalue weighted by Gasteiger charge is 2.57. The maximum atomic E-state index is 15.0. The first-order valence-corrected chi connectivity index (χ1v) is 15.7. The van der Waals surface area contributed by atoms with Crippen LogP contribution in [0.1, 0.15) is 54.4 Å². The number of nitrogens with zero attached hydrogens (tertiary/aromatic N) is 6. The van der Waals surface area contributed by atoms with Gasteiger partial charge in [0, 0.05) is 38.1 Å². The number of aryl methyl sites for hydroxylation is 1. The number of halogens is 3. The second-order valence-corrected chi connectivity index (χ2v) is 13.6. The topological polar surface area (TPSA) is 121 Å². The van der Waals surface area contributed by atoms with Crippen LogP contribution in [0.2, 0.25) is 0 Å². The van der Waals surface area contributed by atoms with E-state index in [0.717, 1.165) is 26.2 Å². The lowest BCUT2D eigenvalue weighted by Gasteiger charge is -2.37. The van der Waals surface area contributed by atoms with E-state index >= 15 is 13.2 Å². The fraction of sp³-hybridized carbons (Fsp3) is 0.400. The monoisotopic (exact) mass is 628 g/mol. The number of pyridine rings is 2. The first kappa shape index (κ1) is 30.0. The Morgan fingerprint density at radius 3 is 2.70 bits per heavy atom. The summed E-state index contributed by atoms with van der Waals surface area (Å²) in [5.74, 6) is -3.73. The van der Waals surface area contributed by atoms with Crippen LogP contribution in [0.15, 0.2) is 66.1 Å². The number of aromatic nitrogens is 4. The smallest absolute Gasteiger partial charge is 0.397 e.